The summed E-state index contributed by atoms with van der Waals surface area (Å²) in [7, 11) is 0. The summed E-state index contributed by atoms with van der Waals surface area (Å²) in [5, 5.41) is 17.5. The Morgan fingerprint density at radius 2 is 2.09 bits per heavy atom. The van der Waals surface area contributed by atoms with Crippen molar-refractivity contribution in [3.8, 4) is 11.1 Å². The second-order valence-electron chi connectivity index (χ2n) is 8.25. The Hall–Kier alpha value is -4.47. The van der Waals surface area contributed by atoms with Gasteiger partial charge in [-0.2, -0.15) is 10.1 Å². The van der Waals surface area contributed by atoms with Gasteiger partial charge in [0.1, 0.15) is 0 Å². The lowest BCUT2D eigenvalue weighted by molar-refractivity contribution is -0.111. The van der Waals surface area contributed by atoms with Crippen molar-refractivity contribution >= 4 is 29.1 Å². The summed E-state index contributed by atoms with van der Waals surface area (Å²) >= 11 is 0. The number of aromatic amines is 1. The van der Waals surface area contributed by atoms with Gasteiger partial charge in [-0.1, -0.05) is 6.58 Å². The number of fused-ring (bicyclic) bond motifs is 1. The molecule has 0 saturated carbocycles. The molecule has 1 atom stereocenters. The van der Waals surface area contributed by atoms with Crippen LogP contribution in [0.4, 0.5) is 11.6 Å². The molecule has 10 heteroatoms. The molecule has 4 aromatic rings. The molecule has 1 aliphatic rings. The van der Waals surface area contributed by atoms with Crippen LogP contribution in [0.5, 0.6) is 0 Å². The smallest absolute Gasteiger partial charge is 0.253 e. The maximum Gasteiger partial charge on any atom is 0.253 e. The Balaban J connectivity index is 1.24. The summed E-state index contributed by atoms with van der Waals surface area (Å²) in [6.45, 7) is 6.66. The van der Waals surface area contributed by atoms with Crippen molar-refractivity contribution in [2.45, 2.75) is 19.4 Å². The predicted octanol–water partition coefficient (Wildman–Crippen LogP) is 2.88. The van der Waals surface area contributed by atoms with Gasteiger partial charge in [0.2, 0.25) is 11.9 Å². The molecule has 0 radical (unpaired) electrons. The number of nitrogens with zero attached hydrogens (tertiary/aromatic N) is 5. The molecular formula is C24H24N8O2. The van der Waals surface area contributed by atoms with E-state index >= 15 is 0 Å². The number of pyridine rings is 1. The van der Waals surface area contributed by atoms with Crippen molar-refractivity contribution in [3.05, 3.63) is 72.7 Å². The van der Waals surface area contributed by atoms with E-state index in [0.717, 1.165) is 28.8 Å². The molecule has 1 aliphatic heterocycles. The maximum atomic E-state index is 12.9. The number of benzene rings is 1. The van der Waals surface area contributed by atoms with Gasteiger partial charge >= 0.3 is 0 Å². The van der Waals surface area contributed by atoms with Crippen LogP contribution in [-0.2, 0) is 4.79 Å². The molecule has 0 aliphatic carbocycles. The lowest BCUT2D eigenvalue weighted by Crippen LogP contribution is -2.31. The third-order valence-electron chi connectivity index (χ3n) is 5.88. The van der Waals surface area contributed by atoms with Crippen molar-refractivity contribution in [1.82, 2.24) is 29.7 Å². The fourth-order valence-corrected chi connectivity index (χ4v) is 4.10. The van der Waals surface area contributed by atoms with Gasteiger partial charge in [0.25, 0.3) is 5.91 Å². The van der Waals surface area contributed by atoms with Crippen LogP contribution in [0, 0.1) is 6.92 Å². The van der Waals surface area contributed by atoms with Crippen LogP contribution >= 0.6 is 0 Å². The van der Waals surface area contributed by atoms with Gasteiger partial charge in [-0.05, 0) is 55.3 Å². The summed E-state index contributed by atoms with van der Waals surface area (Å²) in [4.78, 5) is 30.7. The van der Waals surface area contributed by atoms with E-state index in [0.29, 0.717) is 30.3 Å². The van der Waals surface area contributed by atoms with Gasteiger partial charge in [0.15, 0.2) is 5.65 Å². The lowest BCUT2D eigenvalue weighted by Gasteiger charge is -2.17. The Morgan fingerprint density at radius 1 is 1.26 bits per heavy atom. The van der Waals surface area contributed by atoms with Crippen LogP contribution in [0.25, 0.3) is 16.8 Å². The van der Waals surface area contributed by atoms with Crippen LogP contribution in [0.1, 0.15) is 22.3 Å². The molecule has 1 saturated heterocycles. The van der Waals surface area contributed by atoms with Crippen molar-refractivity contribution < 1.29 is 9.59 Å². The van der Waals surface area contributed by atoms with Crippen LogP contribution in [0.15, 0.2) is 61.6 Å². The lowest BCUT2D eigenvalue weighted by atomic mass is 10.1. The van der Waals surface area contributed by atoms with Crippen molar-refractivity contribution in [1.29, 1.82) is 0 Å². The molecule has 5 rings (SSSR count). The predicted molar refractivity (Wildman–Crippen MR) is 129 cm³/mol. The minimum absolute atomic E-state index is 0.0470. The minimum atomic E-state index is -0.291. The standard InChI is InChI=1S/C24H24N8O2/c1-3-22(33)27-18-6-4-16(5-7-18)23(34)31-9-8-19(13-31)28-24-29-21-10-15(2)20(14-32(21)30-24)17-11-25-26-12-17/h3-7,10-12,14,19H,1,8-9,13H2,2H3,(H,25,26)(H,27,33)(H,28,30)/t19-/m1/s1. The number of hydrogen-bond acceptors (Lipinski definition) is 6. The SMILES string of the molecule is C=CC(=O)Nc1ccc(C(=O)N2CC[C@@H](Nc3nc4cc(C)c(-c5cn[nH]c5)cn4n3)C2)cc1. The zero-order chi connectivity index (χ0) is 23.7. The van der Waals surface area contributed by atoms with Crippen molar-refractivity contribution in [2.75, 3.05) is 23.7 Å². The molecule has 10 nitrogen and oxygen atoms in total. The Morgan fingerprint density at radius 3 is 2.82 bits per heavy atom. The van der Waals surface area contributed by atoms with E-state index < -0.39 is 0 Å². The summed E-state index contributed by atoms with van der Waals surface area (Å²) in [6, 6.07) is 8.90. The average Bonchev–Trinajstić information content (AvgIpc) is 3.59. The Kier molecular flexibility index (Phi) is 5.54. The summed E-state index contributed by atoms with van der Waals surface area (Å²) in [6.07, 6.45) is 7.57. The quantitative estimate of drug-likeness (QED) is 0.384. The van der Waals surface area contributed by atoms with Gasteiger partial charge in [-0.15, -0.1) is 5.10 Å². The molecule has 3 N–H and O–H groups in total. The number of rotatable bonds is 6. The van der Waals surface area contributed by atoms with E-state index in [1.807, 2.05) is 30.3 Å². The number of nitrogens with one attached hydrogen (secondary N) is 3. The normalized spacial score (nSPS) is 15.4. The zero-order valence-electron chi connectivity index (χ0n) is 18.7. The molecule has 34 heavy (non-hydrogen) atoms. The van der Waals surface area contributed by atoms with Gasteiger partial charge < -0.3 is 15.5 Å². The fraction of sp³-hybridized carbons (Fsp3) is 0.208. The highest BCUT2D eigenvalue weighted by Gasteiger charge is 2.27. The van der Waals surface area contributed by atoms with E-state index in [1.165, 1.54) is 6.08 Å². The molecule has 0 spiro atoms. The number of aryl methyl sites for hydroxylation is 1. The number of aromatic nitrogens is 5. The second-order valence-corrected chi connectivity index (χ2v) is 8.25. The molecule has 4 heterocycles. The van der Waals surface area contributed by atoms with Crippen LogP contribution in [0.3, 0.4) is 0 Å². The molecule has 0 bridgehead atoms. The van der Waals surface area contributed by atoms with Crippen LogP contribution < -0.4 is 10.6 Å². The first kappa shape index (κ1) is 21.4. The Bertz CT molecular complexity index is 1360. The number of hydrogen-bond donors (Lipinski definition) is 3. The zero-order valence-corrected chi connectivity index (χ0v) is 18.7. The van der Waals surface area contributed by atoms with E-state index in [4.69, 9.17) is 0 Å². The van der Waals surface area contributed by atoms with Crippen LogP contribution in [-0.4, -0.2) is 60.6 Å². The first-order chi connectivity index (χ1) is 16.5. The van der Waals surface area contributed by atoms with Gasteiger partial charge in [0, 0.05) is 53.9 Å². The minimum Gasteiger partial charge on any atom is -0.348 e. The molecule has 2 amide bonds. The third kappa shape index (κ3) is 4.25. The first-order valence-electron chi connectivity index (χ1n) is 11.0. The molecule has 172 valence electrons. The summed E-state index contributed by atoms with van der Waals surface area (Å²) in [5.41, 5.74) is 5.05. The highest BCUT2D eigenvalue weighted by Crippen LogP contribution is 2.24. The molecule has 0 unspecified atom stereocenters. The molecular weight excluding hydrogens is 432 g/mol. The van der Waals surface area contributed by atoms with Crippen molar-refractivity contribution in [2.24, 2.45) is 0 Å². The van der Waals surface area contributed by atoms with Crippen molar-refractivity contribution in [3.63, 3.8) is 0 Å². The van der Waals surface area contributed by atoms with Gasteiger partial charge in [-0.25, -0.2) is 4.52 Å². The van der Waals surface area contributed by atoms with E-state index in [1.54, 1.807) is 35.0 Å². The highest BCUT2D eigenvalue weighted by atomic mass is 16.2. The average molecular weight is 457 g/mol. The van der Waals surface area contributed by atoms with E-state index in [9.17, 15) is 9.59 Å². The summed E-state index contributed by atoms with van der Waals surface area (Å²) < 4.78 is 1.75. The first-order valence-corrected chi connectivity index (χ1v) is 11.0. The largest absolute Gasteiger partial charge is 0.348 e. The number of carbonyl (C=O) groups is 2. The van der Waals surface area contributed by atoms with Gasteiger partial charge in [0.05, 0.1) is 6.20 Å². The highest BCUT2D eigenvalue weighted by molar-refractivity contribution is 5.99. The second kappa shape index (κ2) is 8.81. The molecule has 1 fully saturated rings. The van der Waals surface area contributed by atoms with Crippen LogP contribution in [0.2, 0.25) is 0 Å². The molecule has 3 aromatic heterocycles. The number of carbonyl (C=O) groups excluding carboxylic acids is 2. The topological polar surface area (TPSA) is 120 Å². The Labute approximate surface area is 195 Å². The maximum absolute atomic E-state index is 12.9. The van der Waals surface area contributed by atoms with Gasteiger partial charge in [-0.3, -0.25) is 14.7 Å². The number of anilines is 2. The monoisotopic (exact) mass is 456 g/mol. The summed E-state index contributed by atoms with van der Waals surface area (Å²) in [5.74, 6) is 0.195. The number of H-pyrrole nitrogens is 1. The van der Waals surface area contributed by atoms with E-state index in [-0.39, 0.29) is 17.9 Å². The number of amides is 2. The third-order valence-corrected chi connectivity index (χ3v) is 5.88. The number of likely N-dealkylation sites (tertiary alicyclic amines) is 1. The fourth-order valence-electron chi connectivity index (χ4n) is 4.10. The van der Waals surface area contributed by atoms with E-state index in [2.05, 4.69) is 37.5 Å². The molecule has 1 aromatic carbocycles.